The molecule has 1 N–H and O–H groups in total. The number of anilines is 2. The number of benzene rings is 2. The van der Waals surface area contributed by atoms with Crippen LogP contribution >= 0.6 is 0 Å². The first-order valence-corrected chi connectivity index (χ1v) is 12.7. The molecular formula is C29H38F3N3O3. The Bertz CT molecular complexity index is 1070. The van der Waals surface area contributed by atoms with Crippen molar-refractivity contribution in [3.05, 3.63) is 71.9 Å². The van der Waals surface area contributed by atoms with Crippen LogP contribution in [-0.2, 0) is 4.74 Å². The van der Waals surface area contributed by atoms with E-state index in [2.05, 4.69) is 19.9 Å². The van der Waals surface area contributed by atoms with Crippen LogP contribution < -0.4 is 15.0 Å². The van der Waals surface area contributed by atoms with Gasteiger partial charge in [0, 0.05) is 25.7 Å². The van der Waals surface area contributed by atoms with E-state index in [-0.39, 0.29) is 5.75 Å². The molecule has 3 aromatic rings. The molecule has 0 aliphatic carbocycles. The topological polar surface area (TPSA) is 63.7 Å². The van der Waals surface area contributed by atoms with Crippen molar-refractivity contribution >= 4 is 17.8 Å². The number of nitrogens with zero attached hydrogens (tertiary/aromatic N) is 2. The van der Waals surface area contributed by atoms with E-state index in [1.165, 1.54) is 24.3 Å². The number of halogens is 3. The number of aldehydes is 1. The van der Waals surface area contributed by atoms with Gasteiger partial charge in [-0.25, -0.2) is 4.98 Å². The van der Waals surface area contributed by atoms with Gasteiger partial charge in [0.2, 0.25) is 0 Å². The van der Waals surface area contributed by atoms with Gasteiger partial charge < -0.3 is 19.7 Å². The number of morpholine rings is 1. The number of rotatable bonds is 5. The summed E-state index contributed by atoms with van der Waals surface area (Å²) in [6.45, 7) is 13.3. The summed E-state index contributed by atoms with van der Waals surface area (Å²) in [7, 11) is 1.89. The van der Waals surface area contributed by atoms with Gasteiger partial charge in [-0.3, -0.25) is 4.79 Å². The highest BCUT2D eigenvalue weighted by atomic mass is 19.4. The van der Waals surface area contributed by atoms with Gasteiger partial charge in [-0.05, 0) is 47.9 Å². The summed E-state index contributed by atoms with van der Waals surface area (Å²) in [6.07, 6.45) is -2.10. The molecule has 4 rings (SSSR count). The standard InChI is InChI=1S/C15H11F3O2.C10H15N3O.2C2H6/c1-10-12(9-19)3-2-4-14(10)11-5-7-13(8-6-11)20-15(16,17)18;1-11-9-2-3-10(12-8-9)13-4-6-14-7-5-13;2*1-2/h2-9H,1H3;2-3,8,11H,4-7H2,1H3;2*1-2H3. The molecule has 1 aliphatic rings. The summed E-state index contributed by atoms with van der Waals surface area (Å²) >= 11 is 0. The lowest BCUT2D eigenvalue weighted by Gasteiger charge is -2.27. The first kappa shape index (κ1) is 32.4. The van der Waals surface area contributed by atoms with Crippen LogP contribution in [0.4, 0.5) is 24.7 Å². The molecule has 0 unspecified atom stereocenters. The van der Waals surface area contributed by atoms with Crippen molar-refractivity contribution in [1.29, 1.82) is 0 Å². The van der Waals surface area contributed by atoms with Gasteiger partial charge in [-0.1, -0.05) is 58.0 Å². The maximum absolute atomic E-state index is 12.1. The highest BCUT2D eigenvalue weighted by Gasteiger charge is 2.31. The average Bonchev–Trinajstić information content (AvgIpc) is 2.96. The van der Waals surface area contributed by atoms with E-state index in [0.717, 1.165) is 60.8 Å². The smallest absolute Gasteiger partial charge is 0.406 e. The summed E-state index contributed by atoms with van der Waals surface area (Å²) in [4.78, 5) is 17.5. The molecule has 38 heavy (non-hydrogen) atoms. The van der Waals surface area contributed by atoms with Gasteiger partial charge in [0.15, 0.2) is 0 Å². The number of pyridine rings is 1. The third-order valence-corrected chi connectivity index (χ3v) is 5.27. The van der Waals surface area contributed by atoms with E-state index >= 15 is 0 Å². The molecule has 0 atom stereocenters. The van der Waals surface area contributed by atoms with Gasteiger partial charge in [-0.15, -0.1) is 13.2 Å². The first-order chi connectivity index (χ1) is 18.3. The Balaban J connectivity index is 0.000000351. The van der Waals surface area contributed by atoms with Crippen molar-refractivity contribution < 1.29 is 27.4 Å². The number of nitrogens with one attached hydrogen (secondary N) is 1. The summed E-state index contributed by atoms with van der Waals surface area (Å²) < 4.78 is 45.3. The Kier molecular flexibility index (Phi) is 14.5. The second-order valence-corrected chi connectivity index (χ2v) is 7.46. The predicted octanol–water partition coefficient (Wildman–Crippen LogP) is 7.39. The van der Waals surface area contributed by atoms with E-state index in [0.29, 0.717) is 5.56 Å². The molecule has 0 saturated carbocycles. The molecule has 1 fully saturated rings. The maximum Gasteiger partial charge on any atom is 0.573 e. The zero-order chi connectivity index (χ0) is 28.6. The number of carbonyl (C=O) groups excluding carboxylic acids is 1. The van der Waals surface area contributed by atoms with Gasteiger partial charge in [0.25, 0.3) is 0 Å². The fourth-order valence-corrected chi connectivity index (χ4v) is 3.44. The molecule has 208 valence electrons. The van der Waals surface area contributed by atoms with E-state index in [1.807, 2.05) is 59.1 Å². The van der Waals surface area contributed by atoms with Crippen LogP contribution in [-0.4, -0.2) is 51.0 Å². The van der Waals surface area contributed by atoms with Crippen LogP contribution in [0.25, 0.3) is 11.1 Å². The lowest BCUT2D eigenvalue weighted by atomic mass is 9.97. The third kappa shape index (κ3) is 10.4. The largest absolute Gasteiger partial charge is 0.573 e. The number of ether oxygens (including phenoxy) is 2. The van der Waals surface area contributed by atoms with Crippen LogP contribution in [0.2, 0.25) is 0 Å². The Hall–Kier alpha value is -3.59. The van der Waals surface area contributed by atoms with Crippen LogP contribution in [0.1, 0.15) is 43.6 Å². The minimum Gasteiger partial charge on any atom is -0.406 e. The van der Waals surface area contributed by atoms with E-state index in [1.54, 1.807) is 19.1 Å². The highest BCUT2D eigenvalue weighted by Crippen LogP contribution is 2.29. The second-order valence-electron chi connectivity index (χ2n) is 7.46. The van der Waals surface area contributed by atoms with Crippen molar-refractivity contribution in [1.82, 2.24) is 4.98 Å². The lowest BCUT2D eigenvalue weighted by molar-refractivity contribution is -0.274. The summed E-state index contributed by atoms with van der Waals surface area (Å²) in [5.41, 5.74) is 3.90. The minimum atomic E-state index is -4.70. The molecule has 1 saturated heterocycles. The minimum absolute atomic E-state index is 0.273. The predicted molar refractivity (Wildman–Crippen MR) is 148 cm³/mol. The molecule has 0 spiro atoms. The molecule has 2 aromatic carbocycles. The lowest BCUT2D eigenvalue weighted by Crippen LogP contribution is -2.36. The number of alkyl halides is 3. The zero-order valence-corrected chi connectivity index (χ0v) is 22.9. The van der Waals surface area contributed by atoms with E-state index in [9.17, 15) is 18.0 Å². The molecule has 2 heterocycles. The van der Waals surface area contributed by atoms with Crippen LogP contribution in [0, 0.1) is 6.92 Å². The summed E-state index contributed by atoms with van der Waals surface area (Å²) in [5, 5.41) is 3.05. The first-order valence-electron chi connectivity index (χ1n) is 12.7. The molecule has 0 amide bonds. The summed E-state index contributed by atoms with van der Waals surface area (Å²) in [5.74, 6) is 0.762. The van der Waals surface area contributed by atoms with Gasteiger partial charge in [0.1, 0.15) is 17.9 Å². The Morgan fingerprint density at radius 3 is 2.11 bits per heavy atom. The SMILES string of the molecule is CC.CC.CNc1ccc(N2CCOCC2)nc1.Cc1c(C=O)cccc1-c1ccc(OC(F)(F)F)cc1. The van der Waals surface area contributed by atoms with Crippen molar-refractivity contribution in [3.63, 3.8) is 0 Å². The number of hydrogen-bond donors (Lipinski definition) is 1. The normalized spacial score (nSPS) is 12.4. The monoisotopic (exact) mass is 533 g/mol. The van der Waals surface area contributed by atoms with Gasteiger partial charge in [0.05, 0.1) is 25.1 Å². The Labute approximate surface area is 223 Å². The van der Waals surface area contributed by atoms with Gasteiger partial charge in [-0.2, -0.15) is 0 Å². The number of aromatic nitrogens is 1. The molecule has 0 radical (unpaired) electrons. The Morgan fingerprint density at radius 1 is 0.974 bits per heavy atom. The molecule has 6 nitrogen and oxygen atoms in total. The molecular weight excluding hydrogens is 495 g/mol. The highest BCUT2D eigenvalue weighted by molar-refractivity contribution is 5.82. The van der Waals surface area contributed by atoms with Crippen LogP contribution in [0.5, 0.6) is 5.75 Å². The van der Waals surface area contributed by atoms with Crippen molar-refractivity contribution in [3.8, 4) is 16.9 Å². The van der Waals surface area contributed by atoms with Crippen molar-refractivity contribution in [2.75, 3.05) is 43.6 Å². The molecule has 1 aliphatic heterocycles. The molecule has 1 aromatic heterocycles. The average molecular weight is 534 g/mol. The number of carbonyl (C=O) groups is 1. The molecule has 9 heteroatoms. The summed E-state index contributed by atoms with van der Waals surface area (Å²) in [6, 6.07) is 14.8. The van der Waals surface area contributed by atoms with E-state index in [4.69, 9.17) is 4.74 Å². The Morgan fingerprint density at radius 2 is 1.61 bits per heavy atom. The number of hydrogen-bond acceptors (Lipinski definition) is 6. The maximum atomic E-state index is 12.1. The van der Waals surface area contributed by atoms with Crippen LogP contribution in [0.15, 0.2) is 60.8 Å². The molecule has 0 bridgehead atoms. The van der Waals surface area contributed by atoms with Gasteiger partial charge >= 0.3 is 6.36 Å². The quantitative estimate of drug-likeness (QED) is 0.345. The van der Waals surface area contributed by atoms with Crippen molar-refractivity contribution in [2.45, 2.75) is 41.0 Å². The van der Waals surface area contributed by atoms with E-state index < -0.39 is 6.36 Å². The second kappa shape index (κ2) is 17.0. The van der Waals surface area contributed by atoms with Crippen LogP contribution in [0.3, 0.4) is 0 Å². The fourth-order valence-electron chi connectivity index (χ4n) is 3.44. The zero-order valence-electron chi connectivity index (χ0n) is 22.9. The van der Waals surface area contributed by atoms with Crippen molar-refractivity contribution in [2.24, 2.45) is 0 Å². The fraction of sp³-hybridized carbons (Fsp3) is 0.379. The third-order valence-electron chi connectivity index (χ3n) is 5.27.